The molecule has 2 amide bonds. The minimum absolute atomic E-state index is 0.0867. The van der Waals surface area contributed by atoms with Gasteiger partial charge in [0.2, 0.25) is 5.91 Å². The Kier molecular flexibility index (Phi) is 5.78. The smallest absolute Gasteiger partial charge is 0.407 e. The first-order valence-electron chi connectivity index (χ1n) is 12.7. The van der Waals surface area contributed by atoms with E-state index in [9.17, 15) is 18.8 Å². The van der Waals surface area contributed by atoms with Crippen molar-refractivity contribution in [3.8, 4) is 11.1 Å². The molecule has 1 saturated carbocycles. The quantitative estimate of drug-likeness (QED) is 0.473. The zero-order valence-corrected chi connectivity index (χ0v) is 20.5. The van der Waals surface area contributed by atoms with Crippen molar-refractivity contribution in [2.24, 2.45) is 0 Å². The van der Waals surface area contributed by atoms with Crippen LogP contribution >= 0.6 is 0 Å². The fourth-order valence-electron chi connectivity index (χ4n) is 5.87. The molecule has 7 heteroatoms. The molecule has 3 aromatic rings. The summed E-state index contributed by atoms with van der Waals surface area (Å²) in [5.74, 6) is -1.09. The lowest BCUT2D eigenvalue weighted by Crippen LogP contribution is -2.44. The first-order chi connectivity index (χ1) is 17.9. The van der Waals surface area contributed by atoms with E-state index in [4.69, 9.17) is 4.74 Å². The third-order valence-corrected chi connectivity index (χ3v) is 7.60. The number of rotatable bonds is 5. The Bertz CT molecular complexity index is 1400. The molecule has 3 aliphatic rings. The third kappa shape index (κ3) is 4.18. The second kappa shape index (κ2) is 9.14. The summed E-state index contributed by atoms with van der Waals surface area (Å²) in [5, 5.41) is 5.33. The molecule has 0 aromatic heterocycles. The van der Waals surface area contributed by atoms with Gasteiger partial charge in [0.15, 0.2) is 5.78 Å². The molecule has 37 heavy (non-hydrogen) atoms. The molecule has 0 saturated heterocycles. The summed E-state index contributed by atoms with van der Waals surface area (Å²) >= 11 is 0. The monoisotopic (exact) mass is 498 g/mol. The average molecular weight is 499 g/mol. The number of carbonyl (C=O) groups is 3. The lowest BCUT2D eigenvalue weighted by molar-refractivity contribution is -0.114. The molecule has 0 bridgehead atoms. The fourth-order valence-corrected chi connectivity index (χ4v) is 5.87. The number of anilines is 1. The van der Waals surface area contributed by atoms with Crippen LogP contribution in [-0.2, 0) is 16.0 Å². The van der Waals surface area contributed by atoms with Crippen molar-refractivity contribution in [3.05, 3.63) is 88.2 Å². The van der Waals surface area contributed by atoms with Gasteiger partial charge in [-0.1, -0.05) is 48.5 Å². The number of hydrogen-bond acceptors (Lipinski definition) is 4. The number of ketones is 1. The minimum Gasteiger partial charge on any atom is -0.449 e. The number of carbonyl (C=O) groups excluding carboxylic acids is 3. The topological polar surface area (TPSA) is 84.5 Å². The second-order valence-corrected chi connectivity index (χ2v) is 10.1. The van der Waals surface area contributed by atoms with Crippen LogP contribution < -0.4 is 10.6 Å². The summed E-state index contributed by atoms with van der Waals surface area (Å²) in [6.07, 6.45) is 1.88. The second-order valence-electron chi connectivity index (χ2n) is 10.1. The molecule has 0 heterocycles. The summed E-state index contributed by atoms with van der Waals surface area (Å²) < 4.78 is 20.6. The summed E-state index contributed by atoms with van der Waals surface area (Å²) in [7, 11) is 0. The van der Waals surface area contributed by atoms with Gasteiger partial charge in [-0.15, -0.1) is 0 Å². The number of alkyl carbamates (subject to hydrolysis) is 1. The molecule has 3 aliphatic carbocycles. The molecule has 6 nitrogen and oxygen atoms in total. The zero-order chi connectivity index (χ0) is 25.7. The van der Waals surface area contributed by atoms with Gasteiger partial charge in [0.25, 0.3) is 0 Å². The Hall–Kier alpha value is -4.00. The highest BCUT2D eigenvalue weighted by Gasteiger charge is 2.38. The molecule has 188 valence electrons. The Morgan fingerprint density at radius 2 is 1.65 bits per heavy atom. The number of hydrogen-bond donors (Lipinski definition) is 2. The lowest BCUT2D eigenvalue weighted by atomic mass is 9.82. The van der Waals surface area contributed by atoms with Gasteiger partial charge in [-0.2, -0.15) is 0 Å². The van der Waals surface area contributed by atoms with Gasteiger partial charge in [0.05, 0.1) is 11.7 Å². The Labute approximate surface area is 214 Å². The van der Waals surface area contributed by atoms with Crippen LogP contribution in [-0.4, -0.2) is 30.4 Å². The van der Waals surface area contributed by atoms with E-state index in [1.165, 1.54) is 13.0 Å². The first-order valence-corrected chi connectivity index (χ1v) is 12.7. The van der Waals surface area contributed by atoms with Gasteiger partial charge in [-0.05, 0) is 71.0 Å². The fraction of sp³-hybridized carbons (Fsp3) is 0.300. The average Bonchev–Trinajstić information content (AvgIpc) is 3.66. The van der Waals surface area contributed by atoms with Crippen molar-refractivity contribution >= 4 is 23.5 Å². The Balaban J connectivity index is 1.20. The van der Waals surface area contributed by atoms with Crippen molar-refractivity contribution in [2.75, 3.05) is 11.9 Å². The molecule has 0 aliphatic heterocycles. The van der Waals surface area contributed by atoms with Crippen LogP contribution in [0.1, 0.15) is 70.6 Å². The highest BCUT2D eigenvalue weighted by atomic mass is 19.1. The van der Waals surface area contributed by atoms with Gasteiger partial charge < -0.3 is 15.4 Å². The maximum Gasteiger partial charge on any atom is 0.407 e. The van der Waals surface area contributed by atoms with Crippen LogP contribution in [0.2, 0.25) is 0 Å². The van der Waals surface area contributed by atoms with E-state index in [0.717, 1.165) is 35.1 Å². The van der Waals surface area contributed by atoms with Crippen LogP contribution in [0.3, 0.4) is 0 Å². The number of Topliss-reactive ketones (excluding diaryl/α,β-unsaturated/α-hetero) is 1. The SMILES string of the molecule is CC(=O)Nc1cc(F)c(C2CC2)c2c1C(=O)C(NC(=O)OCC1c3ccccc3-c3ccccc31)CC2. The van der Waals surface area contributed by atoms with E-state index in [2.05, 4.69) is 22.8 Å². The van der Waals surface area contributed by atoms with E-state index in [1.807, 2.05) is 36.4 Å². The molecular weight excluding hydrogens is 471 g/mol. The molecule has 3 aromatic carbocycles. The van der Waals surface area contributed by atoms with Gasteiger partial charge in [0.1, 0.15) is 12.4 Å². The summed E-state index contributed by atoms with van der Waals surface area (Å²) in [6.45, 7) is 1.46. The van der Waals surface area contributed by atoms with Crippen molar-refractivity contribution in [1.82, 2.24) is 5.32 Å². The molecule has 1 fully saturated rings. The van der Waals surface area contributed by atoms with Crippen molar-refractivity contribution in [3.63, 3.8) is 0 Å². The van der Waals surface area contributed by atoms with E-state index in [1.54, 1.807) is 0 Å². The molecule has 0 radical (unpaired) electrons. The zero-order valence-electron chi connectivity index (χ0n) is 20.5. The van der Waals surface area contributed by atoms with Crippen LogP contribution in [0.25, 0.3) is 11.1 Å². The summed E-state index contributed by atoms with van der Waals surface area (Å²) in [5.41, 5.74) is 6.18. The lowest BCUT2D eigenvalue weighted by Gasteiger charge is -2.28. The summed E-state index contributed by atoms with van der Waals surface area (Å²) in [6, 6.07) is 16.6. The third-order valence-electron chi connectivity index (χ3n) is 7.60. The van der Waals surface area contributed by atoms with E-state index in [0.29, 0.717) is 29.5 Å². The number of halogens is 1. The summed E-state index contributed by atoms with van der Waals surface area (Å²) in [4.78, 5) is 38.1. The molecule has 0 spiro atoms. The standard InChI is InChI=1S/C30H27FN2O4/c1-16(34)32-26-14-24(31)27(17-10-11-17)22-12-13-25(29(35)28(22)26)33-30(36)37-15-23-20-8-4-2-6-18(20)19-7-3-5-9-21(19)23/h2-9,14,17,23,25H,10-13,15H2,1H3,(H,32,34)(H,33,36). The predicted molar refractivity (Wildman–Crippen MR) is 137 cm³/mol. The largest absolute Gasteiger partial charge is 0.449 e. The van der Waals surface area contributed by atoms with E-state index >= 15 is 0 Å². The highest BCUT2D eigenvalue weighted by molar-refractivity contribution is 6.10. The van der Waals surface area contributed by atoms with Crippen molar-refractivity contribution in [2.45, 2.75) is 50.5 Å². The maximum absolute atomic E-state index is 14.9. The molecule has 6 rings (SSSR count). The number of benzene rings is 3. The van der Waals surface area contributed by atoms with Crippen molar-refractivity contribution < 1.29 is 23.5 Å². The first kappa shape index (κ1) is 23.4. The van der Waals surface area contributed by atoms with Gasteiger partial charge in [0, 0.05) is 18.4 Å². The number of fused-ring (bicyclic) bond motifs is 4. The van der Waals surface area contributed by atoms with Gasteiger partial charge in [-0.3, -0.25) is 9.59 Å². The van der Waals surface area contributed by atoms with Crippen LogP contribution in [0.5, 0.6) is 0 Å². The maximum atomic E-state index is 14.9. The van der Waals surface area contributed by atoms with Crippen molar-refractivity contribution in [1.29, 1.82) is 0 Å². The minimum atomic E-state index is -0.812. The van der Waals surface area contributed by atoms with E-state index in [-0.39, 0.29) is 41.6 Å². The highest BCUT2D eigenvalue weighted by Crippen LogP contribution is 2.47. The van der Waals surface area contributed by atoms with Crippen LogP contribution in [0, 0.1) is 5.82 Å². The molecule has 2 N–H and O–H groups in total. The van der Waals surface area contributed by atoms with Gasteiger partial charge >= 0.3 is 6.09 Å². The van der Waals surface area contributed by atoms with Gasteiger partial charge in [-0.25, -0.2) is 9.18 Å². The Morgan fingerprint density at radius 1 is 1.00 bits per heavy atom. The Morgan fingerprint density at radius 3 is 2.27 bits per heavy atom. The predicted octanol–water partition coefficient (Wildman–Crippen LogP) is 5.70. The number of ether oxygens (including phenoxy) is 1. The number of nitrogens with one attached hydrogen (secondary N) is 2. The van der Waals surface area contributed by atoms with Crippen LogP contribution in [0.15, 0.2) is 54.6 Å². The molecule has 1 unspecified atom stereocenters. The number of amides is 2. The molecular formula is C30H27FN2O4. The van der Waals surface area contributed by atoms with E-state index < -0.39 is 12.1 Å². The van der Waals surface area contributed by atoms with Crippen LogP contribution in [0.4, 0.5) is 14.9 Å². The normalized spacial score (nSPS) is 18.0. The molecule has 1 atom stereocenters.